The molecule has 0 saturated carbocycles. The Hall–Kier alpha value is -0.530. The van der Waals surface area contributed by atoms with Crippen molar-refractivity contribution in [3.8, 4) is 12.3 Å². The molecule has 0 bridgehead atoms. The van der Waals surface area contributed by atoms with Crippen LogP contribution in [0.15, 0.2) is 0 Å². The summed E-state index contributed by atoms with van der Waals surface area (Å²) in [6, 6.07) is 0. The SMILES string of the molecule is C#CCN1CC(C)CS1(=O)=O. The highest BCUT2D eigenvalue weighted by Gasteiger charge is 2.32. The molecule has 1 fully saturated rings. The van der Waals surface area contributed by atoms with Gasteiger partial charge in [0, 0.05) is 6.54 Å². The smallest absolute Gasteiger partial charge is 0.212 e. The second-order valence-electron chi connectivity index (χ2n) is 2.88. The van der Waals surface area contributed by atoms with Crippen molar-refractivity contribution in [1.82, 2.24) is 4.31 Å². The lowest BCUT2D eigenvalue weighted by Gasteiger charge is -2.08. The molecule has 1 aliphatic heterocycles. The van der Waals surface area contributed by atoms with Crippen LogP contribution in [0.4, 0.5) is 0 Å². The Morgan fingerprint density at radius 2 is 2.36 bits per heavy atom. The predicted molar refractivity (Wildman–Crippen MR) is 43.4 cm³/mol. The van der Waals surface area contributed by atoms with E-state index in [2.05, 4.69) is 5.92 Å². The maximum absolute atomic E-state index is 11.2. The fourth-order valence-corrected chi connectivity index (χ4v) is 3.03. The van der Waals surface area contributed by atoms with Crippen LogP contribution in [0.2, 0.25) is 0 Å². The van der Waals surface area contributed by atoms with Crippen LogP contribution < -0.4 is 0 Å². The van der Waals surface area contributed by atoms with E-state index in [9.17, 15) is 8.42 Å². The predicted octanol–water partition coefficient (Wildman–Crippen LogP) is -0.0989. The molecule has 1 rings (SSSR count). The average molecular weight is 173 g/mol. The second-order valence-corrected chi connectivity index (χ2v) is 4.89. The maximum Gasteiger partial charge on any atom is 0.215 e. The number of nitrogens with zero attached hydrogens (tertiary/aromatic N) is 1. The molecule has 0 aliphatic carbocycles. The van der Waals surface area contributed by atoms with Crippen molar-refractivity contribution in [2.45, 2.75) is 6.92 Å². The Kier molecular flexibility index (Phi) is 2.21. The van der Waals surface area contributed by atoms with Gasteiger partial charge in [-0.15, -0.1) is 6.42 Å². The fraction of sp³-hybridized carbons (Fsp3) is 0.714. The van der Waals surface area contributed by atoms with Gasteiger partial charge in [0.1, 0.15) is 0 Å². The lowest BCUT2D eigenvalue weighted by Crippen LogP contribution is -2.25. The minimum Gasteiger partial charge on any atom is -0.212 e. The zero-order valence-corrected chi connectivity index (χ0v) is 7.26. The number of terminal acetylenes is 1. The van der Waals surface area contributed by atoms with Crippen LogP contribution in [0.25, 0.3) is 0 Å². The highest BCUT2D eigenvalue weighted by atomic mass is 32.2. The Morgan fingerprint density at radius 3 is 2.73 bits per heavy atom. The van der Waals surface area contributed by atoms with Gasteiger partial charge in [-0.1, -0.05) is 12.8 Å². The van der Waals surface area contributed by atoms with Gasteiger partial charge in [-0.2, -0.15) is 4.31 Å². The Balaban J connectivity index is 2.76. The molecule has 1 aliphatic rings. The number of sulfonamides is 1. The molecule has 1 heterocycles. The summed E-state index contributed by atoms with van der Waals surface area (Å²) in [4.78, 5) is 0. The van der Waals surface area contributed by atoms with E-state index in [-0.39, 0.29) is 18.2 Å². The third kappa shape index (κ3) is 1.73. The molecule has 0 aromatic heterocycles. The van der Waals surface area contributed by atoms with Gasteiger partial charge in [0.2, 0.25) is 10.0 Å². The van der Waals surface area contributed by atoms with Crippen LogP contribution >= 0.6 is 0 Å². The van der Waals surface area contributed by atoms with Crippen LogP contribution in [0.3, 0.4) is 0 Å². The van der Waals surface area contributed by atoms with Gasteiger partial charge >= 0.3 is 0 Å². The molecule has 11 heavy (non-hydrogen) atoms. The van der Waals surface area contributed by atoms with Crippen molar-refractivity contribution in [3.63, 3.8) is 0 Å². The van der Waals surface area contributed by atoms with Crippen LogP contribution in [-0.2, 0) is 10.0 Å². The fourth-order valence-electron chi connectivity index (χ4n) is 1.24. The van der Waals surface area contributed by atoms with E-state index in [0.717, 1.165) is 0 Å². The lowest BCUT2D eigenvalue weighted by molar-refractivity contribution is 0.450. The zero-order valence-electron chi connectivity index (χ0n) is 6.45. The van der Waals surface area contributed by atoms with E-state index in [4.69, 9.17) is 6.42 Å². The minimum atomic E-state index is -3.01. The quantitative estimate of drug-likeness (QED) is 0.519. The molecular formula is C7H11NO2S. The summed E-state index contributed by atoms with van der Waals surface area (Å²) in [5.74, 6) is 2.79. The van der Waals surface area contributed by atoms with Crippen molar-refractivity contribution in [2.75, 3.05) is 18.8 Å². The Bertz CT molecular complexity index is 275. The van der Waals surface area contributed by atoms with Gasteiger partial charge in [0.15, 0.2) is 0 Å². The number of rotatable bonds is 1. The summed E-state index contributed by atoms with van der Waals surface area (Å²) >= 11 is 0. The van der Waals surface area contributed by atoms with Gasteiger partial charge in [0.25, 0.3) is 0 Å². The largest absolute Gasteiger partial charge is 0.215 e. The maximum atomic E-state index is 11.2. The standard InChI is InChI=1S/C7H11NO2S/c1-3-4-8-5-7(2)6-11(8,9)10/h1,7H,4-6H2,2H3. The first-order valence-corrected chi connectivity index (χ1v) is 5.08. The summed E-state index contributed by atoms with van der Waals surface area (Å²) < 4.78 is 23.7. The zero-order chi connectivity index (χ0) is 8.48. The summed E-state index contributed by atoms with van der Waals surface area (Å²) in [5, 5.41) is 0. The van der Waals surface area contributed by atoms with Gasteiger partial charge < -0.3 is 0 Å². The molecule has 0 aromatic carbocycles. The summed E-state index contributed by atoms with van der Waals surface area (Å²) in [7, 11) is -3.01. The van der Waals surface area contributed by atoms with E-state index in [0.29, 0.717) is 6.54 Å². The van der Waals surface area contributed by atoms with E-state index < -0.39 is 10.0 Å². The highest BCUT2D eigenvalue weighted by molar-refractivity contribution is 7.89. The molecule has 1 unspecified atom stereocenters. The van der Waals surface area contributed by atoms with Gasteiger partial charge in [-0.3, -0.25) is 0 Å². The molecule has 0 N–H and O–H groups in total. The molecule has 1 atom stereocenters. The number of hydrogen-bond acceptors (Lipinski definition) is 2. The first kappa shape index (κ1) is 8.57. The van der Waals surface area contributed by atoms with Gasteiger partial charge in [-0.05, 0) is 5.92 Å². The molecule has 1 saturated heterocycles. The molecule has 0 radical (unpaired) electrons. The summed E-state index contributed by atoms with van der Waals surface area (Å²) in [5.41, 5.74) is 0. The van der Waals surface area contributed by atoms with Crippen LogP contribution in [-0.4, -0.2) is 31.6 Å². The number of hydrogen-bond donors (Lipinski definition) is 0. The average Bonchev–Trinajstić information content (AvgIpc) is 2.07. The minimum absolute atomic E-state index is 0.215. The topological polar surface area (TPSA) is 37.4 Å². The molecule has 62 valence electrons. The monoisotopic (exact) mass is 173 g/mol. The van der Waals surface area contributed by atoms with E-state index >= 15 is 0 Å². The van der Waals surface area contributed by atoms with Gasteiger partial charge in [0.05, 0.1) is 12.3 Å². The van der Waals surface area contributed by atoms with Crippen molar-refractivity contribution >= 4 is 10.0 Å². The molecule has 3 nitrogen and oxygen atoms in total. The van der Waals surface area contributed by atoms with Gasteiger partial charge in [-0.25, -0.2) is 8.42 Å². The highest BCUT2D eigenvalue weighted by Crippen LogP contribution is 2.17. The molecule has 0 spiro atoms. The molecule has 0 amide bonds. The van der Waals surface area contributed by atoms with Crippen molar-refractivity contribution in [3.05, 3.63) is 0 Å². The third-order valence-corrected chi connectivity index (χ3v) is 3.73. The second kappa shape index (κ2) is 2.84. The van der Waals surface area contributed by atoms with Crippen LogP contribution in [0, 0.1) is 18.3 Å². The lowest BCUT2D eigenvalue weighted by atomic mass is 10.2. The van der Waals surface area contributed by atoms with Crippen molar-refractivity contribution in [2.24, 2.45) is 5.92 Å². The van der Waals surface area contributed by atoms with Crippen molar-refractivity contribution in [1.29, 1.82) is 0 Å². The Labute approximate surface area is 67.4 Å². The summed E-state index contributed by atoms with van der Waals surface area (Å²) in [6.45, 7) is 2.70. The normalized spacial score (nSPS) is 30.0. The third-order valence-electron chi connectivity index (χ3n) is 1.67. The van der Waals surface area contributed by atoms with Crippen molar-refractivity contribution < 1.29 is 8.42 Å². The van der Waals surface area contributed by atoms with E-state index in [1.165, 1.54) is 4.31 Å². The molecule has 0 aromatic rings. The van der Waals surface area contributed by atoms with E-state index in [1.807, 2.05) is 6.92 Å². The first-order valence-electron chi connectivity index (χ1n) is 3.47. The first-order chi connectivity index (χ1) is 5.06. The summed E-state index contributed by atoms with van der Waals surface area (Å²) in [6.07, 6.45) is 5.02. The van der Waals surface area contributed by atoms with Crippen LogP contribution in [0.1, 0.15) is 6.92 Å². The van der Waals surface area contributed by atoms with E-state index in [1.54, 1.807) is 0 Å². The molecule has 4 heteroatoms. The van der Waals surface area contributed by atoms with Crippen LogP contribution in [0.5, 0.6) is 0 Å². The molecular weight excluding hydrogens is 162 g/mol. The Morgan fingerprint density at radius 1 is 1.73 bits per heavy atom.